The van der Waals surface area contributed by atoms with Crippen molar-refractivity contribution in [3.05, 3.63) is 65.2 Å². The van der Waals surface area contributed by atoms with Gasteiger partial charge in [0.2, 0.25) is 0 Å². The first-order valence-electron chi connectivity index (χ1n) is 16.6. The van der Waals surface area contributed by atoms with E-state index in [1.165, 1.54) is 13.8 Å². The quantitative estimate of drug-likeness (QED) is 0.105. The Labute approximate surface area is 288 Å². The molecule has 0 bridgehead atoms. The van der Waals surface area contributed by atoms with E-state index in [0.29, 0.717) is 28.5 Å². The summed E-state index contributed by atoms with van der Waals surface area (Å²) in [7, 11) is 0. The molecule has 0 aliphatic heterocycles. The molecule has 0 saturated heterocycles. The normalized spacial score (nSPS) is 13.2. The second-order valence-corrected chi connectivity index (χ2v) is 13.1. The van der Waals surface area contributed by atoms with Gasteiger partial charge in [-0.25, -0.2) is 15.0 Å². The summed E-state index contributed by atoms with van der Waals surface area (Å²) in [4.78, 5) is 14.8. The van der Waals surface area contributed by atoms with Crippen LogP contribution >= 0.6 is 0 Å². The van der Waals surface area contributed by atoms with Crippen LogP contribution in [0, 0.1) is 20.8 Å². The van der Waals surface area contributed by atoms with Gasteiger partial charge in [0.1, 0.15) is 36.2 Å². The van der Waals surface area contributed by atoms with E-state index in [-0.39, 0.29) is 35.4 Å². The zero-order valence-electron chi connectivity index (χ0n) is 29.9. The topological polar surface area (TPSA) is 157 Å². The number of aromatic nitrogens is 3. The van der Waals surface area contributed by atoms with Crippen molar-refractivity contribution >= 4 is 0 Å². The summed E-state index contributed by atoms with van der Waals surface area (Å²) in [6, 6.07) is 14.6. The fraction of sp³-hybridized carbons (Fsp3) is 0.447. The molecule has 4 aromatic rings. The molecule has 4 N–H and O–H groups in total. The Morgan fingerprint density at radius 2 is 1.00 bits per heavy atom. The maximum Gasteiger partial charge on any atom is 0.194 e. The summed E-state index contributed by atoms with van der Waals surface area (Å²) >= 11 is 0. The first-order chi connectivity index (χ1) is 23.0. The Morgan fingerprint density at radius 1 is 0.612 bits per heavy atom. The van der Waals surface area contributed by atoms with Gasteiger partial charge in [0.05, 0.1) is 23.3 Å². The van der Waals surface area contributed by atoms with Gasteiger partial charge in [-0.1, -0.05) is 31.5 Å². The summed E-state index contributed by atoms with van der Waals surface area (Å²) in [5.74, 6) is -1.67. The van der Waals surface area contributed by atoms with E-state index < -0.39 is 24.8 Å². The number of hydrogen-bond donors (Lipinski definition) is 4. The lowest BCUT2D eigenvalue weighted by atomic mass is 9.99. The third-order valence-corrected chi connectivity index (χ3v) is 7.75. The van der Waals surface area contributed by atoms with Gasteiger partial charge in [-0.15, -0.1) is 0 Å². The first kappa shape index (κ1) is 37.5. The monoisotopic (exact) mass is 675 g/mol. The Bertz CT molecular complexity index is 1630. The predicted molar refractivity (Wildman–Crippen MR) is 188 cm³/mol. The smallest absolute Gasteiger partial charge is 0.194 e. The minimum Gasteiger partial charge on any atom is -0.491 e. The molecule has 0 fully saturated rings. The average molecular weight is 676 g/mol. The number of aliphatic hydroxyl groups is 4. The van der Waals surface area contributed by atoms with Gasteiger partial charge in [-0.3, -0.25) is 0 Å². The maximum absolute atomic E-state index is 10.1. The van der Waals surface area contributed by atoms with Crippen LogP contribution in [0.4, 0.5) is 0 Å². The summed E-state index contributed by atoms with van der Waals surface area (Å²) in [5.41, 5.74) is 4.79. The van der Waals surface area contributed by atoms with Gasteiger partial charge in [0, 0.05) is 17.7 Å². The van der Waals surface area contributed by atoms with Crippen molar-refractivity contribution in [2.24, 2.45) is 0 Å². The van der Waals surface area contributed by atoms with Crippen molar-refractivity contribution in [2.75, 3.05) is 13.2 Å². The molecule has 4 rings (SSSR count). The molecule has 0 aliphatic carbocycles. The predicted octanol–water partition coefficient (Wildman–Crippen LogP) is 6.31. The van der Waals surface area contributed by atoms with Crippen LogP contribution in [0.2, 0.25) is 0 Å². The third kappa shape index (κ3) is 10.4. The van der Waals surface area contributed by atoms with Crippen LogP contribution < -0.4 is 18.9 Å². The summed E-state index contributed by atoms with van der Waals surface area (Å²) in [5, 5.41) is 40.4. The summed E-state index contributed by atoms with van der Waals surface area (Å²) in [6.07, 6.45) is 1.45. The van der Waals surface area contributed by atoms with E-state index in [1.54, 1.807) is 36.4 Å². The highest BCUT2D eigenvalue weighted by Gasteiger charge is 2.24. The highest BCUT2D eigenvalue weighted by Crippen LogP contribution is 2.38. The zero-order valence-corrected chi connectivity index (χ0v) is 29.9. The van der Waals surface area contributed by atoms with Crippen LogP contribution in [0.1, 0.15) is 71.1 Å². The largest absolute Gasteiger partial charge is 0.491 e. The van der Waals surface area contributed by atoms with E-state index >= 15 is 0 Å². The lowest BCUT2D eigenvalue weighted by Crippen LogP contribution is -2.31. The van der Waals surface area contributed by atoms with Crippen molar-refractivity contribution < 1.29 is 39.4 Å². The fourth-order valence-electron chi connectivity index (χ4n) is 5.08. The number of nitrogens with zero attached hydrogens (tertiary/aromatic N) is 3. The minimum absolute atomic E-state index is 0.0621. The number of aryl methyl sites for hydroxylation is 3. The lowest BCUT2D eigenvalue weighted by Gasteiger charge is -2.21. The Balaban J connectivity index is 1.99. The van der Waals surface area contributed by atoms with Crippen LogP contribution in [0.25, 0.3) is 34.2 Å². The van der Waals surface area contributed by atoms with Crippen molar-refractivity contribution in [3.63, 3.8) is 0 Å². The molecule has 0 aliphatic rings. The van der Waals surface area contributed by atoms with E-state index in [0.717, 1.165) is 35.1 Å². The molecule has 3 aromatic carbocycles. The number of benzene rings is 3. The molecule has 2 unspecified atom stereocenters. The van der Waals surface area contributed by atoms with E-state index in [9.17, 15) is 20.4 Å². The number of ether oxygens (including phenoxy) is 4. The Hall–Kier alpha value is -4.29. The van der Waals surface area contributed by atoms with Crippen molar-refractivity contribution in [1.82, 2.24) is 15.0 Å². The van der Waals surface area contributed by atoms with E-state index in [2.05, 4.69) is 12.1 Å². The van der Waals surface area contributed by atoms with Crippen LogP contribution in [0.15, 0.2) is 48.5 Å². The van der Waals surface area contributed by atoms with Gasteiger partial charge in [0.25, 0.3) is 0 Å². The van der Waals surface area contributed by atoms with Gasteiger partial charge in [0.15, 0.2) is 29.0 Å². The van der Waals surface area contributed by atoms with Crippen LogP contribution in [-0.4, -0.2) is 72.4 Å². The molecular formula is C38H49N3O8. The van der Waals surface area contributed by atoms with E-state index in [1.807, 2.05) is 48.5 Å². The number of rotatable bonds is 15. The summed E-state index contributed by atoms with van der Waals surface area (Å²) < 4.78 is 24.0. The molecule has 264 valence electrons. The molecule has 11 heteroatoms. The van der Waals surface area contributed by atoms with Gasteiger partial charge in [-0.05, 0) is 96.7 Å². The summed E-state index contributed by atoms with van der Waals surface area (Å²) in [6.45, 7) is 15.6. The maximum atomic E-state index is 10.1. The SMILES string of the molecule is CCC(C)Oc1ccc(-c2nc(-c3ccc(OC(C)CC)cc3OCC(C)(O)O)nc(-c3c(C)cc(C)cc3C)n2)c(OCC(C)(O)O)c1. The Morgan fingerprint density at radius 3 is 1.37 bits per heavy atom. The van der Waals surface area contributed by atoms with Crippen LogP contribution in [-0.2, 0) is 0 Å². The molecule has 0 spiro atoms. The molecule has 1 heterocycles. The van der Waals surface area contributed by atoms with Crippen molar-refractivity contribution in [2.45, 2.75) is 98.9 Å². The average Bonchev–Trinajstić information content (AvgIpc) is 3.01. The molecule has 1 aromatic heterocycles. The third-order valence-electron chi connectivity index (χ3n) is 7.75. The second-order valence-electron chi connectivity index (χ2n) is 13.1. The highest BCUT2D eigenvalue weighted by molar-refractivity contribution is 5.75. The minimum atomic E-state index is -2.10. The van der Waals surface area contributed by atoms with Gasteiger partial charge < -0.3 is 39.4 Å². The number of hydrogen-bond acceptors (Lipinski definition) is 11. The zero-order chi connectivity index (χ0) is 36.1. The lowest BCUT2D eigenvalue weighted by molar-refractivity contribution is -0.166. The Kier molecular flexibility index (Phi) is 11.9. The van der Waals surface area contributed by atoms with Crippen LogP contribution in [0.5, 0.6) is 23.0 Å². The molecule has 2 atom stereocenters. The first-order valence-corrected chi connectivity index (χ1v) is 16.6. The van der Waals surface area contributed by atoms with Crippen LogP contribution in [0.3, 0.4) is 0 Å². The van der Waals surface area contributed by atoms with Crippen molar-refractivity contribution in [1.29, 1.82) is 0 Å². The molecule has 11 nitrogen and oxygen atoms in total. The second kappa shape index (κ2) is 15.5. The standard InChI is InChI=1S/C38H49N3O8/c1-10-25(6)48-27-12-14-29(31(18-27)46-20-37(8,42)43)34-39-35(41-36(40-34)33-23(4)16-22(3)17-24(33)5)30-15-13-28(49-26(7)11-2)19-32(30)47-21-38(9,44)45/h12-19,25-26,42-45H,10-11,20-21H2,1-9H3. The van der Waals surface area contributed by atoms with Crippen molar-refractivity contribution in [3.8, 4) is 57.2 Å². The highest BCUT2D eigenvalue weighted by atomic mass is 16.6. The fourth-order valence-corrected chi connectivity index (χ4v) is 5.08. The van der Waals surface area contributed by atoms with Gasteiger partial charge in [-0.2, -0.15) is 0 Å². The molecular weight excluding hydrogens is 626 g/mol. The molecule has 49 heavy (non-hydrogen) atoms. The molecule has 0 amide bonds. The van der Waals surface area contributed by atoms with Gasteiger partial charge >= 0.3 is 0 Å². The van der Waals surface area contributed by atoms with E-state index in [4.69, 9.17) is 33.9 Å². The molecule has 0 saturated carbocycles. The molecule has 0 radical (unpaired) electrons.